The van der Waals surface area contributed by atoms with Crippen molar-refractivity contribution in [3.63, 3.8) is 0 Å². The highest BCUT2D eigenvalue weighted by atomic mass is 16.6. The first-order chi connectivity index (χ1) is 14.0. The second-order valence-electron chi connectivity index (χ2n) is 6.69. The Kier molecular flexibility index (Phi) is 6.58. The number of hydrogen-bond acceptors (Lipinski definition) is 7. The number of rotatable bonds is 6. The normalized spacial score (nSPS) is 18.4. The number of ether oxygens (including phenoxy) is 4. The van der Waals surface area contributed by atoms with Crippen LogP contribution in [0, 0.1) is 0 Å². The van der Waals surface area contributed by atoms with Crippen LogP contribution in [0.5, 0.6) is 17.2 Å². The van der Waals surface area contributed by atoms with Crippen LogP contribution in [-0.2, 0) is 19.1 Å². The average molecular weight is 404 g/mol. The number of likely N-dealkylation sites (tertiary alicyclic amines) is 1. The number of nitrogens with two attached hydrogens (primary N) is 1. The summed E-state index contributed by atoms with van der Waals surface area (Å²) in [5, 5.41) is 0. The van der Waals surface area contributed by atoms with Crippen molar-refractivity contribution in [2.24, 2.45) is 5.73 Å². The maximum atomic E-state index is 12.3. The van der Waals surface area contributed by atoms with Gasteiger partial charge in [-0.15, -0.1) is 0 Å². The summed E-state index contributed by atoms with van der Waals surface area (Å²) in [4.78, 5) is 37.2. The van der Waals surface area contributed by atoms with Crippen molar-refractivity contribution in [1.82, 2.24) is 4.90 Å². The molecule has 1 aromatic carbocycles. The first kappa shape index (κ1) is 20.5. The lowest BCUT2D eigenvalue weighted by molar-refractivity contribution is -0.151. The Balaban J connectivity index is 1.58. The lowest BCUT2D eigenvalue weighted by Crippen LogP contribution is -2.51. The number of amides is 2. The highest BCUT2D eigenvalue weighted by molar-refractivity contribution is 5.91. The molecule has 0 aromatic heterocycles. The van der Waals surface area contributed by atoms with Gasteiger partial charge in [-0.05, 0) is 43.0 Å². The molecular formula is C20H24N2O7. The molecule has 2 N–H and O–H groups in total. The van der Waals surface area contributed by atoms with Crippen molar-refractivity contribution in [3.05, 3.63) is 23.8 Å². The monoisotopic (exact) mass is 404 g/mol. The van der Waals surface area contributed by atoms with Crippen molar-refractivity contribution in [2.75, 3.05) is 33.5 Å². The van der Waals surface area contributed by atoms with Gasteiger partial charge in [-0.1, -0.05) is 0 Å². The van der Waals surface area contributed by atoms with Crippen LogP contribution in [0.2, 0.25) is 0 Å². The highest BCUT2D eigenvalue weighted by Gasteiger charge is 2.30. The Morgan fingerprint density at radius 3 is 2.79 bits per heavy atom. The number of fused-ring (bicyclic) bond motifs is 1. The molecule has 2 aliphatic heterocycles. The molecule has 0 saturated carbocycles. The second-order valence-corrected chi connectivity index (χ2v) is 6.69. The van der Waals surface area contributed by atoms with Crippen LogP contribution in [0.4, 0.5) is 0 Å². The molecule has 1 saturated heterocycles. The van der Waals surface area contributed by atoms with Crippen LogP contribution in [-0.4, -0.2) is 62.2 Å². The van der Waals surface area contributed by atoms with Gasteiger partial charge in [-0.3, -0.25) is 9.59 Å². The van der Waals surface area contributed by atoms with Crippen molar-refractivity contribution >= 4 is 23.9 Å². The summed E-state index contributed by atoms with van der Waals surface area (Å²) in [5.74, 6) is -0.114. The van der Waals surface area contributed by atoms with Gasteiger partial charge in [0.1, 0.15) is 19.3 Å². The van der Waals surface area contributed by atoms with Gasteiger partial charge < -0.3 is 29.6 Å². The number of benzene rings is 1. The molecular weight excluding hydrogens is 380 g/mol. The van der Waals surface area contributed by atoms with Crippen molar-refractivity contribution in [2.45, 2.75) is 25.3 Å². The van der Waals surface area contributed by atoms with E-state index in [1.165, 1.54) is 24.2 Å². The Bertz CT molecular complexity index is 804. The predicted molar refractivity (Wildman–Crippen MR) is 103 cm³/mol. The molecule has 0 aliphatic carbocycles. The second kappa shape index (κ2) is 9.31. The van der Waals surface area contributed by atoms with Crippen molar-refractivity contribution < 1.29 is 33.3 Å². The topological polar surface area (TPSA) is 117 Å². The van der Waals surface area contributed by atoms with E-state index in [-0.39, 0.29) is 0 Å². The van der Waals surface area contributed by atoms with E-state index in [9.17, 15) is 14.4 Å². The molecule has 0 bridgehead atoms. The number of carbonyl (C=O) groups is 3. The Morgan fingerprint density at radius 2 is 2.03 bits per heavy atom. The molecule has 0 unspecified atom stereocenters. The van der Waals surface area contributed by atoms with E-state index in [1.54, 1.807) is 12.1 Å². The summed E-state index contributed by atoms with van der Waals surface area (Å²) in [6, 6.07) is 2.78. The number of piperidine rings is 1. The summed E-state index contributed by atoms with van der Waals surface area (Å²) in [7, 11) is 1.51. The number of nitrogens with zero attached hydrogens (tertiary/aromatic N) is 1. The molecule has 1 atom stereocenters. The fraction of sp³-hybridized carbons (Fsp3) is 0.450. The minimum absolute atomic E-state index is 0.427. The fourth-order valence-corrected chi connectivity index (χ4v) is 3.34. The highest BCUT2D eigenvalue weighted by Crippen LogP contribution is 2.40. The van der Waals surface area contributed by atoms with Crippen molar-refractivity contribution in [3.8, 4) is 17.2 Å². The van der Waals surface area contributed by atoms with Crippen LogP contribution in [0.3, 0.4) is 0 Å². The zero-order chi connectivity index (χ0) is 20.8. The molecule has 3 rings (SSSR count). The van der Waals surface area contributed by atoms with Gasteiger partial charge in [0.25, 0.3) is 5.91 Å². The zero-order valence-corrected chi connectivity index (χ0v) is 16.2. The molecule has 2 amide bonds. The number of methoxy groups -OCH3 is 1. The third-order valence-electron chi connectivity index (χ3n) is 4.75. The molecule has 156 valence electrons. The quantitative estimate of drug-likeness (QED) is 0.553. The Labute approximate surface area is 168 Å². The lowest BCUT2D eigenvalue weighted by atomic mass is 10.0. The lowest BCUT2D eigenvalue weighted by Gasteiger charge is -2.33. The zero-order valence-electron chi connectivity index (χ0n) is 16.2. The van der Waals surface area contributed by atoms with Crippen LogP contribution in [0.25, 0.3) is 6.08 Å². The number of carbonyl (C=O) groups excluding carboxylic acids is 3. The summed E-state index contributed by atoms with van der Waals surface area (Å²) in [5.41, 5.74) is 6.01. The Hall–Kier alpha value is -3.23. The van der Waals surface area contributed by atoms with E-state index < -0.39 is 30.4 Å². The summed E-state index contributed by atoms with van der Waals surface area (Å²) < 4.78 is 21.4. The number of hydrogen-bond donors (Lipinski definition) is 1. The number of primary amides is 1. The third-order valence-corrected chi connectivity index (χ3v) is 4.75. The van der Waals surface area contributed by atoms with Gasteiger partial charge in [0.15, 0.2) is 18.1 Å². The van der Waals surface area contributed by atoms with E-state index in [1.807, 2.05) is 0 Å². The van der Waals surface area contributed by atoms with Crippen LogP contribution in [0.1, 0.15) is 24.8 Å². The van der Waals surface area contributed by atoms with E-state index in [0.29, 0.717) is 49.0 Å². The van der Waals surface area contributed by atoms with Gasteiger partial charge in [0.05, 0.1) is 7.11 Å². The summed E-state index contributed by atoms with van der Waals surface area (Å²) >= 11 is 0. The molecule has 1 aromatic rings. The third kappa shape index (κ3) is 4.98. The fourth-order valence-electron chi connectivity index (χ4n) is 3.34. The van der Waals surface area contributed by atoms with Gasteiger partial charge in [-0.25, -0.2) is 4.79 Å². The summed E-state index contributed by atoms with van der Waals surface area (Å²) in [6.07, 6.45) is 4.88. The largest absolute Gasteiger partial charge is 0.493 e. The molecule has 0 radical (unpaired) electrons. The van der Waals surface area contributed by atoms with Gasteiger partial charge in [0.2, 0.25) is 11.7 Å². The minimum Gasteiger partial charge on any atom is -0.493 e. The molecule has 2 heterocycles. The SMILES string of the molecule is COc1cc(/C=C/C(=O)OCC(=O)N2CCCC[C@@H]2C(N)=O)cc2c1OCCO2. The maximum absolute atomic E-state index is 12.3. The molecule has 2 aliphatic rings. The standard InChI is InChI=1S/C20H24N2O7/c1-26-15-10-13(11-16-19(15)28-9-8-27-16)5-6-18(24)29-12-17(23)22-7-3-2-4-14(22)20(21)25/h5-6,10-11,14H,2-4,7-9,12H2,1H3,(H2,21,25)/b6-5+/t14-/m1/s1. The summed E-state index contributed by atoms with van der Waals surface area (Å²) in [6.45, 7) is 0.844. The maximum Gasteiger partial charge on any atom is 0.331 e. The van der Waals surface area contributed by atoms with Crippen molar-refractivity contribution in [1.29, 1.82) is 0 Å². The Morgan fingerprint density at radius 1 is 1.24 bits per heavy atom. The van der Waals surface area contributed by atoms with Gasteiger partial charge in [0, 0.05) is 12.6 Å². The van der Waals surface area contributed by atoms with Crippen LogP contribution < -0.4 is 19.9 Å². The average Bonchev–Trinajstić information content (AvgIpc) is 2.75. The van der Waals surface area contributed by atoms with Crippen LogP contribution >= 0.6 is 0 Å². The van der Waals surface area contributed by atoms with E-state index in [2.05, 4.69) is 0 Å². The van der Waals surface area contributed by atoms with E-state index >= 15 is 0 Å². The first-order valence-electron chi connectivity index (χ1n) is 9.41. The molecule has 29 heavy (non-hydrogen) atoms. The smallest absolute Gasteiger partial charge is 0.331 e. The van der Waals surface area contributed by atoms with Gasteiger partial charge in [-0.2, -0.15) is 0 Å². The first-order valence-corrected chi connectivity index (χ1v) is 9.41. The van der Waals surface area contributed by atoms with Gasteiger partial charge >= 0.3 is 5.97 Å². The van der Waals surface area contributed by atoms with E-state index in [4.69, 9.17) is 24.7 Å². The minimum atomic E-state index is -0.681. The molecule has 0 spiro atoms. The van der Waals surface area contributed by atoms with Crippen LogP contribution in [0.15, 0.2) is 18.2 Å². The molecule has 9 heteroatoms. The molecule has 1 fully saturated rings. The predicted octanol–water partition coefficient (Wildman–Crippen LogP) is 0.889. The number of esters is 1. The molecule has 9 nitrogen and oxygen atoms in total. The van der Waals surface area contributed by atoms with E-state index in [0.717, 1.165) is 12.8 Å².